The Morgan fingerprint density at radius 2 is 1.26 bits per heavy atom. The number of anilines is 3. The van der Waals surface area contributed by atoms with Crippen molar-refractivity contribution in [1.82, 2.24) is 4.98 Å². The van der Waals surface area contributed by atoms with Crippen LogP contribution in [0.2, 0.25) is 0 Å². The molecule has 0 saturated heterocycles. The van der Waals surface area contributed by atoms with Crippen LogP contribution in [0.5, 0.6) is 0 Å². The van der Waals surface area contributed by atoms with Gasteiger partial charge in [0.05, 0.1) is 11.4 Å². The summed E-state index contributed by atoms with van der Waals surface area (Å²) in [5, 5.41) is 12.6. The summed E-state index contributed by atoms with van der Waals surface area (Å²) in [4.78, 5) is 6.85. The summed E-state index contributed by atoms with van der Waals surface area (Å²) in [6.07, 6.45) is 1.78. The van der Waals surface area contributed by atoms with Crippen molar-refractivity contribution in [2.45, 2.75) is 5.60 Å². The monoisotopic (exact) mass is 504 g/mol. The van der Waals surface area contributed by atoms with Crippen LogP contribution >= 0.6 is 15.9 Å². The van der Waals surface area contributed by atoms with Gasteiger partial charge in [-0.05, 0) is 48.5 Å². The number of aliphatic hydroxyl groups is 1. The average molecular weight is 505 g/mol. The summed E-state index contributed by atoms with van der Waals surface area (Å²) in [6.45, 7) is 0. The molecule has 0 saturated carbocycles. The van der Waals surface area contributed by atoms with E-state index >= 15 is 0 Å². The average Bonchev–Trinajstić information content (AvgIpc) is 3.14. The molecule has 1 aromatic heterocycles. The summed E-state index contributed by atoms with van der Waals surface area (Å²) in [6, 6.07) is 38.5. The molecule has 1 aliphatic rings. The Morgan fingerprint density at radius 3 is 1.97 bits per heavy atom. The van der Waals surface area contributed by atoms with E-state index in [2.05, 4.69) is 56.1 Å². The van der Waals surface area contributed by atoms with Crippen LogP contribution in [0.15, 0.2) is 126 Å². The third kappa shape index (κ3) is 3.18. The molecule has 1 aliphatic carbocycles. The fourth-order valence-electron chi connectivity index (χ4n) is 4.93. The molecule has 164 valence electrons. The SMILES string of the molecule is OC1(c2ccccc2N(c2ccccc2)c2ccccc2)c2cc(Br)ccc2-c2ncccc21. The molecule has 4 aromatic carbocycles. The third-order valence-corrected chi connectivity index (χ3v) is 6.88. The number of aromatic nitrogens is 1. The second-order valence-corrected chi connectivity index (χ2v) is 9.24. The summed E-state index contributed by atoms with van der Waals surface area (Å²) >= 11 is 3.61. The molecule has 6 rings (SSSR count). The predicted molar refractivity (Wildman–Crippen MR) is 141 cm³/mol. The number of halogens is 1. The lowest BCUT2D eigenvalue weighted by molar-refractivity contribution is 0.131. The zero-order valence-electron chi connectivity index (χ0n) is 18.3. The highest BCUT2D eigenvalue weighted by Crippen LogP contribution is 2.53. The van der Waals surface area contributed by atoms with Gasteiger partial charge in [0.2, 0.25) is 0 Å². The first-order chi connectivity index (χ1) is 16.7. The Hall–Kier alpha value is -3.73. The van der Waals surface area contributed by atoms with Gasteiger partial charge < -0.3 is 10.0 Å². The van der Waals surface area contributed by atoms with Crippen LogP contribution < -0.4 is 4.90 Å². The molecule has 5 aromatic rings. The lowest BCUT2D eigenvalue weighted by Gasteiger charge is -2.34. The molecule has 34 heavy (non-hydrogen) atoms. The third-order valence-electron chi connectivity index (χ3n) is 6.39. The molecule has 1 heterocycles. The first-order valence-electron chi connectivity index (χ1n) is 11.2. The van der Waals surface area contributed by atoms with E-state index in [1.54, 1.807) is 6.20 Å². The maximum absolute atomic E-state index is 12.6. The van der Waals surface area contributed by atoms with E-state index in [0.29, 0.717) is 0 Å². The molecule has 0 spiro atoms. The van der Waals surface area contributed by atoms with E-state index in [9.17, 15) is 5.11 Å². The minimum Gasteiger partial charge on any atom is -0.376 e. The van der Waals surface area contributed by atoms with Crippen molar-refractivity contribution in [3.63, 3.8) is 0 Å². The summed E-state index contributed by atoms with van der Waals surface area (Å²) in [7, 11) is 0. The second kappa shape index (κ2) is 8.24. The van der Waals surface area contributed by atoms with E-state index < -0.39 is 5.60 Å². The largest absolute Gasteiger partial charge is 0.376 e. The zero-order valence-corrected chi connectivity index (χ0v) is 19.9. The number of hydrogen-bond acceptors (Lipinski definition) is 3. The lowest BCUT2D eigenvalue weighted by Crippen LogP contribution is -2.29. The Bertz CT molecular complexity index is 1450. The molecule has 1 atom stereocenters. The van der Waals surface area contributed by atoms with E-state index in [0.717, 1.165) is 49.5 Å². The molecule has 1 unspecified atom stereocenters. The van der Waals surface area contributed by atoms with Crippen molar-refractivity contribution in [2.24, 2.45) is 0 Å². The van der Waals surface area contributed by atoms with Gasteiger partial charge in [0.15, 0.2) is 0 Å². The van der Waals surface area contributed by atoms with Crippen LogP contribution in [0.1, 0.15) is 16.7 Å². The molecule has 0 radical (unpaired) electrons. The van der Waals surface area contributed by atoms with Crippen LogP contribution in [0, 0.1) is 0 Å². The zero-order chi connectivity index (χ0) is 23.1. The van der Waals surface area contributed by atoms with Crippen molar-refractivity contribution in [2.75, 3.05) is 4.90 Å². The van der Waals surface area contributed by atoms with Crippen molar-refractivity contribution in [1.29, 1.82) is 0 Å². The van der Waals surface area contributed by atoms with Crippen molar-refractivity contribution in [3.8, 4) is 11.3 Å². The van der Waals surface area contributed by atoms with Gasteiger partial charge in [0.25, 0.3) is 0 Å². The van der Waals surface area contributed by atoms with Crippen molar-refractivity contribution in [3.05, 3.63) is 143 Å². The van der Waals surface area contributed by atoms with Gasteiger partial charge in [-0.15, -0.1) is 0 Å². The number of nitrogens with zero attached hydrogens (tertiary/aromatic N) is 2. The molecule has 4 heteroatoms. The minimum absolute atomic E-state index is 0.789. The summed E-state index contributed by atoms with van der Waals surface area (Å²) in [5.74, 6) is 0. The normalized spacial score (nSPS) is 16.1. The van der Waals surface area contributed by atoms with Crippen LogP contribution in [0.3, 0.4) is 0 Å². The molecule has 0 aliphatic heterocycles. The Morgan fingerprint density at radius 1 is 0.647 bits per heavy atom. The predicted octanol–water partition coefficient (Wildman–Crippen LogP) is 7.58. The minimum atomic E-state index is -1.36. The molecule has 0 fully saturated rings. The van der Waals surface area contributed by atoms with Crippen LogP contribution in [-0.2, 0) is 5.60 Å². The van der Waals surface area contributed by atoms with Gasteiger partial charge in [-0.1, -0.05) is 82.7 Å². The van der Waals surface area contributed by atoms with Gasteiger partial charge in [-0.3, -0.25) is 4.98 Å². The number of pyridine rings is 1. The number of rotatable bonds is 4. The maximum atomic E-state index is 12.6. The first-order valence-corrected chi connectivity index (χ1v) is 12.0. The quantitative estimate of drug-likeness (QED) is 0.274. The summed E-state index contributed by atoms with van der Waals surface area (Å²) < 4.78 is 0.915. The molecular formula is C30H21BrN2O. The number of hydrogen-bond donors (Lipinski definition) is 1. The van der Waals surface area contributed by atoms with Gasteiger partial charge >= 0.3 is 0 Å². The fourth-order valence-corrected chi connectivity index (χ4v) is 5.29. The van der Waals surface area contributed by atoms with Gasteiger partial charge in [0.1, 0.15) is 5.60 Å². The molecular weight excluding hydrogens is 484 g/mol. The van der Waals surface area contributed by atoms with Crippen molar-refractivity contribution < 1.29 is 5.11 Å². The van der Waals surface area contributed by atoms with E-state index in [1.165, 1.54) is 0 Å². The Labute approximate surface area is 207 Å². The van der Waals surface area contributed by atoms with Crippen LogP contribution in [-0.4, -0.2) is 10.1 Å². The highest BCUT2D eigenvalue weighted by molar-refractivity contribution is 9.10. The highest BCUT2D eigenvalue weighted by Gasteiger charge is 2.46. The standard InChI is InChI=1S/C30H21BrN2O/c31-21-17-18-24-27(20-21)30(34,26-15-9-19-32-29(24)26)25-14-7-8-16-28(25)33(22-10-3-1-4-11-22)23-12-5-2-6-13-23/h1-20,34H. The second-order valence-electron chi connectivity index (χ2n) is 8.32. The number of para-hydroxylation sites is 3. The first kappa shape index (κ1) is 20.8. The van der Waals surface area contributed by atoms with Gasteiger partial charge in [-0.25, -0.2) is 0 Å². The molecule has 0 bridgehead atoms. The molecule has 1 N–H and O–H groups in total. The smallest absolute Gasteiger partial charge is 0.145 e. The number of fused-ring (bicyclic) bond motifs is 3. The van der Waals surface area contributed by atoms with Crippen LogP contribution in [0.4, 0.5) is 17.1 Å². The summed E-state index contributed by atoms with van der Waals surface area (Å²) in [5.41, 5.74) is 5.75. The number of benzene rings is 4. The van der Waals surface area contributed by atoms with Crippen molar-refractivity contribution >= 4 is 33.0 Å². The molecule has 0 amide bonds. The fraction of sp³-hybridized carbons (Fsp3) is 0.0333. The highest BCUT2D eigenvalue weighted by atomic mass is 79.9. The van der Waals surface area contributed by atoms with Gasteiger partial charge in [-0.2, -0.15) is 0 Å². The Balaban J connectivity index is 1.66. The maximum Gasteiger partial charge on any atom is 0.145 e. The van der Waals surface area contributed by atoms with Gasteiger partial charge in [0, 0.05) is 44.3 Å². The molecule has 3 nitrogen and oxygen atoms in total. The lowest BCUT2D eigenvalue weighted by atomic mass is 9.83. The van der Waals surface area contributed by atoms with E-state index in [-0.39, 0.29) is 0 Å². The van der Waals surface area contributed by atoms with E-state index in [4.69, 9.17) is 0 Å². The van der Waals surface area contributed by atoms with Crippen LogP contribution in [0.25, 0.3) is 11.3 Å². The Kier molecular flexibility index (Phi) is 5.05. The topological polar surface area (TPSA) is 36.4 Å². The van der Waals surface area contributed by atoms with E-state index in [1.807, 2.05) is 84.9 Å².